The Kier molecular flexibility index (Phi) is 4.46. The molecule has 2 aliphatic carbocycles. The molecule has 0 spiro atoms. The van der Waals surface area contributed by atoms with Crippen molar-refractivity contribution in [3.05, 3.63) is 0 Å². The van der Waals surface area contributed by atoms with E-state index in [0.29, 0.717) is 5.41 Å². The number of rotatable bonds is 6. The molecule has 15 heavy (non-hydrogen) atoms. The van der Waals surface area contributed by atoms with Crippen LogP contribution in [0.2, 0.25) is 0 Å². The van der Waals surface area contributed by atoms with Gasteiger partial charge in [-0.3, -0.25) is 0 Å². The molecule has 3 atom stereocenters. The van der Waals surface area contributed by atoms with Crippen LogP contribution in [-0.2, 0) is 0 Å². The van der Waals surface area contributed by atoms with Crippen molar-refractivity contribution in [3.8, 4) is 0 Å². The molecule has 0 saturated heterocycles. The SMILES string of the molecule is CCSCCCC1(CBr)CC2CCC1C2. The molecule has 0 radical (unpaired) electrons. The van der Waals surface area contributed by atoms with E-state index < -0.39 is 0 Å². The average molecular weight is 291 g/mol. The Morgan fingerprint density at radius 2 is 2.27 bits per heavy atom. The quantitative estimate of drug-likeness (QED) is 0.504. The second kappa shape index (κ2) is 5.44. The lowest BCUT2D eigenvalue weighted by atomic mass is 9.72. The van der Waals surface area contributed by atoms with E-state index in [4.69, 9.17) is 0 Å². The summed E-state index contributed by atoms with van der Waals surface area (Å²) < 4.78 is 0. The molecule has 0 aromatic rings. The molecular formula is C13H23BrS. The first-order valence-corrected chi connectivity index (χ1v) is 8.72. The molecule has 0 aliphatic heterocycles. The summed E-state index contributed by atoms with van der Waals surface area (Å²) in [6.07, 6.45) is 9.05. The first-order chi connectivity index (χ1) is 7.30. The number of fused-ring (bicyclic) bond motifs is 2. The van der Waals surface area contributed by atoms with Crippen molar-refractivity contribution in [2.75, 3.05) is 16.8 Å². The zero-order valence-corrected chi connectivity index (χ0v) is 12.2. The lowest BCUT2D eigenvalue weighted by molar-refractivity contribution is 0.180. The van der Waals surface area contributed by atoms with Gasteiger partial charge in [-0.15, -0.1) is 0 Å². The van der Waals surface area contributed by atoms with Gasteiger partial charge in [0.05, 0.1) is 0 Å². The molecule has 2 rings (SSSR count). The maximum Gasteiger partial charge on any atom is 0.00907 e. The molecule has 2 heteroatoms. The highest BCUT2D eigenvalue weighted by molar-refractivity contribution is 9.09. The molecule has 88 valence electrons. The monoisotopic (exact) mass is 290 g/mol. The summed E-state index contributed by atoms with van der Waals surface area (Å²) >= 11 is 5.90. The third-order valence-electron chi connectivity index (χ3n) is 4.54. The molecule has 0 heterocycles. The van der Waals surface area contributed by atoms with E-state index in [1.807, 2.05) is 0 Å². The molecule has 2 aliphatic rings. The van der Waals surface area contributed by atoms with Gasteiger partial charge >= 0.3 is 0 Å². The van der Waals surface area contributed by atoms with Gasteiger partial charge in [-0.25, -0.2) is 0 Å². The normalized spacial score (nSPS) is 38.8. The van der Waals surface area contributed by atoms with Gasteiger partial charge in [0, 0.05) is 5.33 Å². The average Bonchev–Trinajstić information content (AvgIpc) is 2.85. The van der Waals surface area contributed by atoms with Crippen molar-refractivity contribution in [1.82, 2.24) is 0 Å². The first kappa shape index (κ1) is 12.3. The zero-order chi connectivity index (χ0) is 10.7. The van der Waals surface area contributed by atoms with Gasteiger partial charge < -0.3 is 0 Å². The number of alkyl halides is 1. The summed E-state index contributed by atoms with van der Waals surface area (Å²) in [5.74, 6) is 4.82. The smallest absolute Gasteiger partial charge is 0.00907 e. The largest absolute Gasteiger partial charge is 0.162 e. The van der Waals surface area contributed by atoms with Gasteiger partial charge in [0.15, 0.2) is 0 Å². The second-order valence-corrected chi connectivity index (χ2v) is 7.33. The van der Waals surface area contributed by atoms with Crippen molar-refractivity contribution in [2.45, 2.75) is 45.4 Å². The molecule has 0 amide bonds. The molecule has 0 nitrogen and oxygen atoms in total. The topological polar surface area (TPSA) is 0 Å². The zero-order valence-electron chi connectivity index (χ0n) is 9.80. The van der Waals surface area contributed by atoms with E-state index in [1.165, 1.54) is 48.9 Å². The summed E-state index contributed by atoms with van der Waals surface area (Å²) in [7, 11) is 0. The highest BCUT2D eigenvalue weighted by Gasteiger charge is 2.49. The van der Waals surface area contributed by atoms with Crippen molar-refractivity contribution < 1.29 is 0 Å². The molecule has 0 aromatic heterocycles. The van der Waals surface area contributed by atoms with Gasteiger partial charge in [-0.05, 0) is 60.9 Å². The highest BCUT2D eigenvalue weighted by atomic mass is 79.9. The molecule has 0 N–H and O–H groups in total. The van der Waals surface area contributed by atoms with Crippen LogP contribution in [0, 0.1) is 17.3 Å². The van der Waals surface area contributed by atoms with Crippen LogP contribution < -0.4 is 0 Å². The number of halogens is 1. The molecule has 0 aromatic carbocycles. The Bertz CT molecular complexity index is 207. The fraction of sp³-hybridized carbons (Fsp3) is 1.00. The van der Waals surface area contributed by atoms with E-state index >= 15 is 0 Å². The van der Waals surface area contributed by atoms with Gasteiger partial charge in [-0.1, -0.05) is 29.3 Å². The summed E-state index contributed by atoms with van der Waals surface area (Å²) in [6.45, 7) is 2.27. The van der Waals surface area contributed by atoms with Crippen LogP contribution in [0.15, 0.2) is 0 Å². The summed E-state index contributed by atoms with van der Waals surface area (Å²) in [5, 5.41) is 1.26. The minimum atomic E-state index is 0.706. The third-order valence-corrected chi connectivity index (χ3v) is 6.64. The Balaban J connectivity index is 1.81. The van der Waals surface area contributed by atoms with Crippen LogP contribution in [0.4, 0.5) is 0 Å². The lowest BCUT2D eigenvalue weighted by Crippen LogP contribution is -2.29. The van der Waals surface area contributed by atoms with E-state index in [1.54, 1.807) is 6.42 Å². The van der Waals surface area contributed by atoms with Crippen LogP contribution in [0.3, 0.4) is 0 Å². The van der Waals surface area contributed by atoms with Crippen LogP contribution in [0.25, 0.3) is 0 Å². The lowest BCUT2D eigenvalue weighted by Gasteiger charge is -2.36. The fourth-order valence-electron chi connectivity index (χ4n) is 3.77. The van der Waals surface area contributed by atoms with Crippen LogP contribution >= 0.6 is 27.7 Å². The minimum absolute atomic E-state index is 0.706. The summed E-state index contributed by atoms with van der Waals surface area (Å²) in [5.41, 5.74) is 0.706. The van der Waals surface area contributed by atoms with E-state index in [-0.39, 0.29) is 0 Å². The van der Waals surface area contributed by atoms with Gasteiger partial charge in [0.1, 0.15) is 0 Å². The molecular weight excluding hydrogens is 268 g/mol. The minimum Gasteiger partial charge on any atom is -0.162 e. The van der Waals surface area contributed by atoms with Gasteiger partial charge in [0.2, 0.25) is 0 Å². The molecule has 2 fully saturated rings. The van der Waals surface area contributed by atoms with Crippen molar-refractivity contribution >= 4 is 27.7 Å². The predicted molar refractivity (Wildman–Crippen MR) is 73.9 cm³/mol. The summed E-state index contributed by atoms with van der Waals surface area (Å²) in [6, 6.07) is 0. The first-order valence-electron chi connectivity index (χ1n) is 6.44. The Hall–Kier alpha value is 0.830. The van der Waals surface area contributed by atoms with Crippen molar-refractivity contribution in [2.24, 2.45) is 17.3 Å². The summed E-state index contributed by atoms with van der Waals surface area (Å²) in [4.78, 5) is 0. The van der Waals surface area contributed by atoms with Crippen LogP contribution in [-0.4, -0.2) is 16.8 Å². The molecule has 2 saturated carbocycles. The Morgan fingerprint density at radius 3 is 2.80 bits per heavy atom. The number of hydrogen-bond donors (Lipinski definition) is 0. The second-order valence-electron chi connectivity index (χ2n) is 5.38. The van der Waals surface area contributed by atoms with Crippen LogP contribution in [0.5, 0.6) is 0 Å². The van der Waals surface area contributed by atoms with E-state index in [0.717, 1.165) is 11.8 Å². The standard InChI is InChI=1S/C13H23BrS/c1-2-15-7-3-6-13(10-14)9-11-4-5-12(13)8-11/h11-12H,2-10H2,1H3. The van der Waals surface area contributed by atoms with Gasteiger partial charge in [0.25, 0.3) is 0 Å². The number of thioether (sulfide) groups is 1. The van der Waals surface area contributed by atoms with E-state index in [9.17, 15) is 0 Å². The molecule has 3 unspecified atom stereocenters. The molecule has 2 bridgehead atoms. The highest BCUT2D eigenvalue weighted by Crippen LogP contribution is 2.58. The third kappa shape index (κ3) is 2.57. The number of hydrogen-bond acceptors (Lipinski definition) is 1. The maximum absolute atomic E-state index is 3.80. The van der Waals surface area contributed by atoms with Crippen molar-refractivity contribution in [3.63, 3.8) is 0 Å². The van der Waals surface area contributed by atoms with Gasteiger partial charge in [-0.2, -0.15) is 11.8 Å². The van der Waals surface area contributed by atoms with Crippen molar-refractivity contribution in [1.29, 1.82) is 0 Å². The Labute approximate surface area is 107 Å². The van der Waals surface area contributed by atoms with Crippen LogP contribution in [0.1, 0.15) is 45.4 Å². The predicted octanol–water partition coefficient (Wildman–Crippen LogP) is 4.72. The maximum atomic E-state index is 3.80. The Morgan fingerprint density at radius 1 is 1.40 bits per heavy atom. The van der Waals surface area contributed by atoms with E-state index in [2.05, 4.69) is 34.6 Å². The fourth-order valence-corrected chi connectivity index (χ4v) is 5.37.